The first-order valence-corrected chi connectivity index (χ1v) is 13.2. The highest BCUT2D eigenvalue weighted by molar-refractivity contribution is 7.13. The summed E-state index contributed by atoms with van der Waals surface area (Å²) in [6, 6.07) is 18.4. The summed E-state index contributed by atoms with van der Waals surface area (Å²) in [6.45, 7) is 4.40. The van der Waals surface area contributed by atoms with Crippen molar-refractivity contribution in [3.05, 3.63) is 77.3 Å². The Balaban J connectivity index is 1.29. The molecule has 0 spiro atoms. The van der Waals surface area contributed by atoms with Crippen molar-refractivity contribution >= 4 is 28.2 Å². The number of carbonyl (C=O) groups is 1. The number of thiophene rings is 1. The van der Waals surface area contributed by atoms with Crippen LogP contribution in [0.3, 0.4) is 0 Å². The molecular formula is C29H34N2O4S. The van der Waals surface area contributed by atoms with E-state index in [4.69, 9.17) is 9.84 Å². The molecule has 2 aromatic heterocycles. The second kappa shape index (κ2) is 11.7. The third-order valence-electron chi connectivity index (χ3n) is 6.35. The molecule has 36 heavy (non-hydrogen) atoms. The molecule has 2 aromatic carbocycles. The van der Waals surface area contributed by atoms with E-state index in [1.807, 2.05) is 18.3 Å². The van der Waals surface area contributed by atoms with E-state index < -0.39 is 12.1 Å². The van der Waals surface area contributed by atoms with Crippen LogP contribution in [0.1, 0.15) is 37.8 Å². The minimum absolute atomic E-state index is 0.236. The molecule has 0 saturated heterocycles. The molecule has 6 nitrogen and oxygen atoms in total. The maximum absolute atomic E-state index is 10.9. The number of β-amino-alcohol motifs (C(OH)–C–C–N with tert-alkyl or cyclic N) is 1. The second-order valence-corrected chi connectivity index (χ2v) is 10.7. The monoisotopic (exact) mass is 506 g/mol. The first kappa shape index (κ1) is 25.9. The number of aliphatic carboxylic acids is 1. The molecule has 4 N–H and O–H groups in total. The summed E-state index contributed by atoms with van der Waals surface area (Å²) < 4.78 is 5.42. The summed E-state index contributed by atoms with van der Waals surface area (Å²) in [7, 11) is 0. The second-order valence-electron chi connectivity index (χ2n) is 9.80. The molecule has 0 bridgehead atoms. The van der Waals surface area contributed by atoms with Gasteiger partial charge in [-0.2, -0.15) is 0 Å². The van der Waals surface area contributed by atoms with Gasteiger partial charge in [0.05, 0.1) is 11.6 Å². The van der Waals surface area contributed by atoms with Crippen molar-refractivity contribution in [3.63, 3.8) is 0 Å². The minimum atomic E-state index is -1.01. The van der Waals surface area contributed by atoms with Gasteiger partial charge in [0.15, 0.2) is 6.61 Å². The lowest BCUT2D eigenvalue weighted by Gasteiger charge is -2.28. The zero-order valence-electron chi connectivity index (χ0n) is 20.8. The Morgan fingerprint density at radius 2 is 1.94 bits per heavy atom. The van der Waals surface area contributed by atoms with Gasteiger partial charge in [-0.05, 0) is 73.7 Å². The van der Waals surface area contributed by atoms with Gasteiger partial charge in [0.2, 0.25) is 0 Å². The number of carboxylic acid groups (broad SMARTS) is 1. The predicted octanol–water partition coefficient (Wildman–Crippen LogP) is 5.65. The number of aromatic nitrogens is 1. The van der Waals surface area contributed by atoms with Crippen LogP contribution in [0, 0.1) is 0 Å². The molecule has 7 heteroatoms. The third kappa shape index (κ3) is 6.75. The molecule has 0 aliphatic carbocycles. The van der Waals surface area contributed by atoms with E-state index in [1.54, 1.807) is 17.4 Å². The normalized spacial score (nSPS) is 12.6. The fraction of sp³-hybridized carbons (Fsp3) is 0.345. The van der Waals surface area contributed by atoms with E-state index in [1.165, 1.54) is 16.0 Å². The topological polar surface area (TPSA) is 94.6 Å². The Hall–Kier alpha value is -3.13. The molecular weight excluding hydrogens is 472 g/mol. The first-order chi connectivity index (χ1) is 17.3. The van der Waals surface area contributed by atoms with Gasteiger partial charge in [0.25, 0.3) is 0 Å². The Kier molecular flexibility index (Phi) is 8.46. The van der Waals surface area contributed by atoms with Gasteiger partial charge >= 0.3 is 5.97 Å². The number of H-pyrrole nitrogens is 1. The van der Waals surface area contributed by atoms with Crippen molar-refractivity contribution in [1.29, 1.82) is 0 Å². The first-order valence-electron chi connectivity index (χ1n) is 12.3. The van der Waals surface area contributed by atoms with Gasteiger partial charge in [-0.25, -0.2) is 4.79 Å². The van der Waals surface area contributed by atoms with Crippen molar-refractivity contribution in [1.82, 2.24) is 10.3 Å². The molecule has 0 saturated carbocycles. The van der Waals surface area contributed by atoms with E-state index in [-0.39, 0.29) is 12.1 Å². The van der Waals surface area contributed by atoms with Crippen LogP contribution in [-0.4, -0.2) is 46.0 Å². The van der Waals surface area contributed by atoms with Crippen LogP contribution in [0.2, 0.25) is 0 Å². The van der Waals surface area contributed by atoms with Crippen LogP contribution >= 0.6 is 11.3 Å². The molecule has 0 fully saturated rings. The fourth-order valence-corrected chi connectivity index (χ4v) is 5.35. The van der Waals surface area contributed by atoms with Crippen LogP contribution in [0.25, 0.3) is 21.3 Å². The van der Waals surface area contributed by atoms with E-state index >= 15 is 0 Å². The third-order valence-corrected chi connectivity index (χ3v) is 7.25. The van der Waals surface area contributed by atoms with Gasteiger partial charge in [-0.3, -0.25) is 0 Å². The van der Waals surface area contributed by atoms with Crippen LogP contribution in [-0.2, 0) is 17.6 Å². The lowest BCUT2D eigenvalue weighted by Crippen LogP contribution is -2.45. The number of carboxylic acids is 1. The Bertz CT molecular complexity index is 1280. The summed E-state index contributed by atoms with van der Waals surface area (Å²) >= 11 is 1.75. The standard InChI is InChI=1S/C29H34N2O4S/c1-29(2,16-21-17-30-28-24(21)12-6-13-25(28)35-19-27(33)34)31-18-22(32)10-5-9-20-8-3-4-11-23(20)26-14-7-15-36-26/h3-4,6-8,11-15,17,22,30-32H,5,9-10,16,18-19H2,1-2H3,(H,33,34)/t22-/m1/s1. The van der Waals surface area contributed by atoms with Crippen LogP contribution < -0.4 is 10.1 Å². The number of rotatable bonds is 13. The summed E-state index contributed by atoms with van der Waals surface area (Å²) in [5.74, 6) is -0.475. The van der Waals surface area contributed by atoms with Gasteiger partial charge in [0, 0.05) is 28.5 Å². The van der Waals surface area contributed by atoms with E-state index in [0.29, 0.717) is 12.3 Å². The average molecular weight is 507 g/mol. The van der Waals surface area contributed by atoms with Gasteiger partial charge in [0.1, 0.15) is 5.75 Å². The van der Waals surface area contributed by atoms with Crippen molar-refractivity contribution in [3.8, 4) is 16.2 Å². The van der Waals surface area contributed by atoms with Crippen molar-refractivity contribution in [2.75, 3.05) is 13.2 Å². The number of aryl methyl sites for hydroxylation is 1. The highest BCUT2D eigenvalue weighted by atomic mass is 32.1. The fourth-order valence-electron chi connectivity index (χ4n) is 4.56. The Labute approximate surface area is 216 Å². The number of nitrogens with one attached hydrogen (secondary N) is 2. The van der Waals surface area contributed by atoms with Crippen molar-refractivity contribution in [2.24, 2.45) is 0 Å². The molecule has 0 unspecified atom stereocenters. The number of benzene rings is 2. The van der Waals surface area contributed by atoms with E-state index in [0.717, 1.165) is 42.1 Å². The summed E-state index contributed by atoms with van der Waals surface area (Å²) in [5, 5.41) is 26.2. The number of aliphatic hydroxyl groups excluding tert-OH is 1. The predicted molar refractivity (Wildman–Crippen MR) is 146 cm³/mol. The van der Waals surface area contributed by atoms with E-state index in [9.17, 15) is 9.90 Å². The zero-order valence-corrected chi connectivity index (χ0v) is 21.6. The summed E-state index contributed by atoms with van der Waals surface area (Å²) in [4.78, 5) is 15.4. The smallest absolute Gasteiger partial charge is 0.341 e. The van der Waals surface area contributed by atoms with Crippen LogP contribution in [0.15, 0.2) is 66.2 Å². The quantitative estimate of drug-likeness (QED) is 0.188. The molecule has 0 aliphatic rings. The molecule has 4 rings (SSSR count). The maximum atomic E-state index is 10.9. The van der Waals surface area contributed by atoms with Gasteiger partial charge < -0.3 is 25.3 Å². The number of fused-ring (bicyclic) bond motifs is 1. The Morgan fingerprint density at radius 3 is 2.72 bits per heavy atom. The van der Waals surface area contributed by atoms with E-state index in [2.05, 4.69) is 65.9 Å². The lowest BCUT2D eigenvalue weighted by molar-refractivity contribution is -0.139. The largest absolute Gasteiger partial charge is 0.480 e. The van der Waals surface area contributed by atoms with Gasteiger partial charge in [-0.1, -0.05) is 42.5 Å². The molecule has 0 aliphatic heterocycles. The van der Waals surface area contributed by atoms with Crippen LogP contribution in [0.5, 0.6) is 5.75 Å². The molecule has 0 amide bonds. The molecule has 1 atom stereocenters. The maximum Gasteiger partial charge on any atom is 0.341 e. The van der Waals surface area contributed by atoms with Crippen LogP contribution in [0.4, 0.5) is 0 Å². The summed E-state index contributed by atoms with van der Waals surface area (Å²) in [5.41, 5.74) is 4.29. The molecule has 4 aromatic rings. The Morgan fingerprint density at radius 1 is 1.11 bits per heavy atom. The van der Waals surface area contributed by atoms with Crippen molar-refractivity contribution in [2.45, 2.75) is 51.2 Å². The number of hydrogen-bond donors (Lipinski definition) is 4. The molecule has 2 heterocycles. The highest BCUT2D eigenvalue weighted by Crippen LogP contribution is 2.30. The summed E-state index contributed by atoms with van der Waals surface area (Å²) in [6.07, 6.45) is 4.87. The number of para-hydroxylation sites is 1. The average Bonchev–Trinajstić information content (AvgIpc) is 3.53. The number of ether oxygens (including phenoxy) is 1. The lowest BCUT2D eigenvalue weighted by atomic mass is 9.94. The molecule has 190 valence electrons. The minimum Gasteiger partial charge on any atom is -0.480 e. The number of aromatic amines is 1. The number of aliphatic hydroxyl groups is 1. The van der Waals surface area contributed by atoms with Crippen molar-refractivity contribution < 1.29 is 19.7 Å². The number of hydrogen-bond acceptors (Lipinski definition) is 5. The SMILES string of the molecule is CC(C)(Cc1c[nH]c2c(OCC(=O)O)cccc12)NC[C@H](O)CCCc1ccccc1-c1cccs1. The molecule has 0 radical (unpaired) electrons. The zero-order chi connectivity index (χ0) is 25.5. The highest BCUT2D eigenvalue weighted by Gasteiger charge is 2.22. The van der Waals surface area contributed by atoms with Gasteiger partial charge in [-0.15, -0.1) is 11.3 Å².